The van der Waals surface area contributed by atoms with Crippen LogP contribution in [0.25, 0.3) is 44.3 Å². The van der Waals surface area contributed by atoms with Gasteiger partial charge in [-0.15, -0.1) is 0 Å². The Balaban J connectivity index is 0.000000189. The van der Waals surface area contributed by atoms with Gasteiger partial charge in [0, 0.05) is 160 Å². The fourth-order valence-electron chi connectivity index (χ4n) is 14.7. The molecule has 4 amide bonds. The Morgan fingerprint density at radius 1 is 0.547 bits per heavy atom. The number of carbonyl (C=O) groups excluding carboxylic acids is 5. The highest BCUT2D eigenvalue weighted by Gasteiger charge is 2.37. The van der Waals surface area contributed by atoms with E-state index in [1.807, 2.05) is 72.0 Å². The van der Waals surface area contributed by atoms with E-state index < -0.39 is 0 Å². The fourth-order valence-corrected chi connectivity index (χ4v) is 14.7. The highest BCUT2D eigenvalue weighted by Crippen LogP contribution is 2.35. The predicted octanol–water partition coefficient (Wildman–Crippen LogP) is 11.4. The minimum absolute atomic E-state index is 0.202. The summed E-state index contributed by atoms with van der Waals surface area (Å²) in [5.41, 5.74) is 16.4. The Kier molecular flexibility index (Phi) is 23.4. The summed E-state index contributed by atoms with van der Waals surface area (Å²) in [6.45, 7) is 16.4. The molecule has 0 radical (unpaired) electrons. The van der Waals surface area contributed by atoms with E-state index in [1.54, 1.807) is 78.9 Å². The van der Waals surface area contributed by atoms with Crippen molar-refractivity contribution in [3.05, 3.63) is 224 Å². The van der Waals surface area contributed by atoms with Crippen LogP contribution in [0.2, 0.25) is 0 Å². The average Bonchev–Trinajstić information content (AvgIpc) is 1.58. The van der Waals surface area contributed by atoms with E-state index in [-0.39, 0.29) is 61.9 Å². The molecule has 0 spiro atoms. The van der Waals surface area contributed by atoms with Gasteiger partial charge in [-0.3, -0.25) is 28.9 Å². The lowest BCUT2D eigenvalue weighted by atomic mass is 9.96. The summed E-state index contributed by atoms with van der Waals surface area (Å²) in [5.74, 6) is -1.22. The molecule has 106 heavy (non-hydrogen) atoms. The molecule has 23 nitrogen and oxygen atoms in total. The molecule has 4 aliphatic rings. The third kappa shape index (κ3) is 16.7. The maximum Gasteiger partial charge on any atom is 0.251 e. The molecule has 0 saturated carbocycles. The number of benzene rings is 6. The van der Waals surface area contributed by atoms with Gasteiger partial charge < -0.3 is 46.7 Å². The monoisotopic (exact) mass is 1420 g/mol. The maximum absolute atomic E-state index is 13.6. The standard InChI is InChI=1S/C44H49N9O3.C39H39N7O4/c1-3-40-38(41(50-34-13-15-56-16-14-34)39-25-49-53(4-2)42(39)51-40)24-48-44(55)32-10-6-9-31(19-32)43(54)47-22-28-11-12-33(21-45)37(18-28)30-8-5-7-29(17-30)26-52-27-35-20-36(52)23-46-35;1-3-35-33(36(44-31-13-15-50-16-14-31)34-23-43-46(4-2)37(34)45-35)22-42-39(49)29-10-6-9-28(19-29)38(48)41-21-25-11-12-30(20-40)32(18-25)27-8-5-7-26(17-27)24-47/h5-12,17-19,25,34-36,46H,3-4,13-16,20,22-24,26-27H2,1-2H3,(H,47,54)(H,48,55)(H,50,51);5-12,17-19,23-24,31H,3-4,13-16,21-22H2,1-2H3,(H,41,48)(H,42,49)(H,44,45)/t35-,36-;/m0./s1. The zero-order chi connectivity index (χ0) is 73.6. The largest absolute Gasteiger partial charge is 0.381 e. The molecule has 4 aliphatic heterocycles. The number of likely N-dealkylation sites (tertiary alicyclic amines) is 1. The van der Waals surface area contributed by atoms with Gasteiger partial charge in [-0.2, -0.15) is 20.7 Å². The van der Waals surface area contributed by atoms with Crippen LogP contribution in [0.5, 0.6) is 0 Å². The third-order valence-electron chi connectivity index (χ3n) is 20.4. The van der Waals surface area contributed by atoms with E-state index in [4.69, 9.17) is 19.4 Å². The van der Waals surface area contributed by atoms with Gasteiger partial charge in [-0.25, -0.2) is 19.3 Å². The first kappa shape index (κ1) is 72.9. The number of ether oxygens (including phenoxy) is 2. The van der Waals surface area contributed by atoms with Crippen LogP contribution >= 0.6 is 0 Å². The molecular weight excluding hydrogens is 1330 g/mol. The highest BCUT2D eigenvalue weighted by molar-refractivity contribution is 6.01. The van der Waals surface area contributed by atoms with E-state index >= 15 is 0 Å². The quantitative estimate of drug-likeness (QED) is 0.0262. The first-order valence-corrected chi connectivity index (χ1v) is 36.8. The maximum atomic E-state index is 13.6. The van der Waals surface area contributed by atoms with Gasteiger partial charge in [0.25, 0.3) is 23.6 Å². The number of rotatable bonds is 25. The molecule has 2 bridgehead atoms. The Bertz CT molecular complexity index is 5000. The molecule has 4 aromatic heterocycles. The molecule has 4 saturated heterocycles. The number of aldehydes is 1. The van der Waals surface area contributed by atoms with Gasteiger partial charge in [0.15, 0.2) is 11.3 Å². The van der Waals surface area contributed by atoms with Crippen molar-refractivity contribution in [1.82, 2.24) is 61.0 Å². The number of aryl methyl sites for hydroxylation is 4. The average molecular weight is 1420 g/mol. The van der Waals surface area contributed by atoms with Crippen molar-refractivity contribution in [3.8, 4) is 34.4 Å². The highest BCUT2D eigenvalue weighted by atomic mass is 16.5. The van der Waals surface area contributed by atoms with Crippen molar-refractivity contribution in [2.24, 2.45) is 0 Å². The lowest BCUT2D eigenvalue weighted by Crippen LogP contribution is -2.42. The van der Waals surface area contributed by atoms with Crippen LogP contribution in [0.4, 0.5) is 11.4 Å². The number of nitriles is 2. The van der Waals surface area contributed by atoms with Crippen molar-refractivity contribution >= 4 is 63.4 Å². The second-order valence-electron chi connectivity index (χ2n) is 27.2. The molecule has 23 heteroatoms. The first-order chi connectivity index (χ1) is 51.8. The number of piperazine rings is 1. The van der Waals surface area contributed by atoms with E-state index in [2.05, 4.69) is 96.5 Å². The van der Waals surface area contributed by atoms with Gasteiger partial charge in [0.2, 0.25) is 0 Å². The van der Waals surface area contributed by atoms with Gasteiger partial charge in [0.05, 0.1) is 57.8 Å². The Morgan fingerprint density at radius 2 is 1.00 bits per heavy atom. The topological polar surface area (TPSA) is 300 Å². The molecule has 8 heterocycles. The summed E-state index contributed by atoms with van der Waals surface area (Å²) >= 11 is 0. The molecule has 4 fully saturated rings. The number of aromatic nitrogens is 6. The Morgan fingerprint density at radius 3 is 1.42 bits per heavy atom. The SMILES string of the molecule is CCc1nc2c(cnn2CC)c(NC2CCOCC2)c1CNC(=O)c1cccc(C(=O)NCc2ccc(C#N)c(-c3cccc(C=O)c3)c2)c1.CCc1nc2c(cnn2CC)c(NC2CCOCC2)c1CNC(=O)c1cccc(C(=O)NCc2ccc(C#N)c(-c3cccc(CN4C[C@@H]5C[C@H]4CN5)c3)c2)c1. The number of pyridine rings is 2. The van der Waals surface area contributed by atoms with Crippen LogP contribution < -0.4 is 37.2 Å². The second-order valence-corrected chi connectivity index (χ2v) is 27.2. The molecule has 7 N–H and O–H groups in total. The molecule has 2 atom stereocenters. The van der Waals surface area contributed by atoms with Gasteiger partial charge in [-0.05, 0) is 171 Å². The zero-order valence-corrected chi connectivity index (χ0v) is 60.3. The summed E-state index contributed by atoms with van der Waals surface area (Å²) in [7, 11) is 0. The lowest BCUT2D eigenvalue weighted by molar-refractivity contribution is 0.0903. The molecule has 6 aromatic carbocycles. The molecular formula is C83H88N16O7. The van der Waals surface area contributed by atoms with Crippen molar-refractivity contribution in [2.75, 3.05) is 50.2 Å². The number of carbonyl (C=O) groups is 5. The Hall–Kier alpha value is -11.5. The summed E-state index contributed by atoms with van der Waals surface area (Å²) < 4.78 is 15.0. The zero-order valence-electron chi connectivity index (χ0n) is 60.3. The third-order valence-corrected chi connectivity index (χ3v) is 20.4. The summed E-state index contributed by atoms with van der Waals surface area (Å²) in [4.78, 5) is 77.6. The molecule has 14 rings (SSSR count). The first-order valence-electron chi connectivity index (χ1n) is 36.8. The number of nitrogens with zero attached hydrogens (tertiary/aromatic N) is 9. The predicted molar refractivity (Wildman–Crippen MR) is 407 cm³/mol. The van der Waals surface area contributed by atoms with Crippen LogP contribution in [-0.4, -0.2) is 128 Å². The molecule has 542 valence electrons. The number of hydrogen-bond donors (Lipinski definition) is 7. The van der Waals surface area contributed by atoms with E-state index in [0.29, 0.717) is 109 Å². The second kappa shape index (κ2) is 34.0. The van der Waals surface area contributed by atoms with Crippen molar-refractivity contribution in [2.45, 2.75) is 143 Å². The van der Waals surface area contributed by atoms with Crippen molar-refractivity contribution in [3.63, 3.8) is 0 Å². The Labute approximate surface area is 616 Å². The van der Waals surface area contributed by atoms with Crippen LogP contribution in [0.1, 0.15) is 162 Å². The van der Waals surface area contributed by atoms with Crippen molar-refractivity contribution in [1.29, 1.82) is 10.5 Å². The summed E-state index contributed by atoms with van der Waals surface area (Å²) in [6.07, 6.45) is 10.6. The molecule has 0 unspecified atom stereocenters. The molecule has 0 aliphatic carbocycles. The molecule has 10 aromatic rings. The fraction of sp³-hybridized carbons (Fsp3) is 0.337. The number of nitrogens with one attached hydrogen (secondary N) is 7. The van der Waals surface area contributed by atoms with Gasteiger partial charge >= 0.3 is 0 Å². The van der Waals surface area contributed by atoms with E-state index in [0.717, 1.165) is 135 Å². The lowest BCUT2D eigenvalue weighted by Gasteiger charge is -2.27. The van der Waals surface area contributed by atoms with Crippen LogP contribution in [0, 0.1) is 22.7 Å². The van der Waals surface area contributed by atoms with Crippen molar-refractivity contribution < 1.29 is 33.4 Å². The van der Waals surface area contributed by atoms with Gasteiger partial charge in [-0.1, -0.05) is 74.5 Å². The van der Waals surface area contributed by atoms with Crippen LogP contribution in [0.3, 0.4) is 0 Å². The number of amides is 4. The van der Waals surface area contributed by atoms with Crippen LogP contribution in [-0.2, 0) is 68.1 Å². The van der Waals surface area contributed by atoms with Crippen LogP contribution in [0.15, 0.2) is 146 Å². The summed E-state index contributed by atoms with van der Waals surface area (Å²) in [6, 6.07) is 46.0. The number of hydrogen-bond acceptors (Lipinski definition) is 17. The number of fused-ring (bicyclic) bond motifs is 4. The summed E-state index contributed by atoms with van der Waals surface area (Å²) in [5, 5.41) is 53.8. The smallest absolute Gasteiger partial charge is 0.251 e. The minimum Gasteiger partial charge on any atom is -0.381 e. The number of anilines is 2. The van der Waals surface area contributed by atoms with E-state index in [1.165, 1.54) is 12.0 Å². The minimum atomic E-state index is -0.340. The van der Waals surface area contributed by atoms with Gasteiger partial charge in [0.1, 0.15) is 6.29 Å². The normalized spacial score (nSPS) is 15.8. The van der Waals surface area contributed by atoms with E-state index in [9.17, 15) is 34.5 Å².